The van der Waals surface area contributed by atoms with Gasteiger partial charge >= 0.3 is 0 Å². The molecule has 0 fully saturated rings. The Labute approximate surface area is 137 Å². The van der Waals surface area contributed by atoms with Crippen LogP contribution in [0.3, 0.4) is 0 Å². The number of ether oxygens (including phenoxy) is 1. The second kappa shape index (κ2) is 9.18. The number of benzene rings is 1. The van der Waals surface area contributed by atoms with Gasteiger partial charge in [-0.25, -0.2) is 4.98 Å². The Kier molecular flexibility index (Phi) is 7.22. The van der Waals surface area contributed by atoms with E-state index in [0.717, 1.165) is 42.6 Å². The third-order valence-electron chi connectivity index (χ3n) is 3.88. The van der Waals surface area contributed by atoms with E-state index >= 15 is 0 Å². The largest absolute Gasteiger partial charge is 0.383 e. The highest BCUT2D eigenvalue weighted by atomic mass is 32.2. The van der Waals surface area contributed by atoms with Gasteiger partial charge in [0.25, 0.3) is 0 Å². The van der Waals surface area contributed by atoms with Crippen molar-refractivity contribution in [2.45, 2.75) is 32.0 Å². The molecule has 0 spiro atoms. The van der Waals surface area contributed by atoms with E-state index in [9.17, 15) is 0 Å². The first-order chi connectivity index (χ1) is 10.8. The van der Waals surface area contributed by atoms with Crippen molar-refractivity contribution in [3.8, 4) is 0 Å². The predicted molar refractivity (Wildman–Crippen MR) is 94.7 cm³/mol. The first-order valence-corrected chi connectivity index (χ1v) is 9.08. The summed E-state index contributed by atoms with van der Waals surface area (Å²) in [6, 6.07) is 8.34. The third-order valence-corrected chi connectivity index (χ3v) is 4.95. The number of methoxy groups -OCH3 is 1. The van der Waals surface area contributed by atoms with Crippen molar-refractivity contribution >= 4 is 22.8 Å². The van der Waals surface area contributed by atoms with Gasteiger partial charge in [-0.15, -0.1) is 0 Å². The molecule has 0 N–H and O–H groups in total. The van der Waals surface area contributed by atoms with Gasteiger partial charge in [0, 0.05) is 19.4 Å². The third kappa shape index (κ3) is 4.48. The molecule has 1 aromatic heterocycles. The van der Waals surface area contributed by atoms with Crippen LogP contribution in [0.25, 0.3) is 11.0 Å². The van der Waals surface area contributed by atoms with Gasteiger partial charge in [0.15, 0.2) is 5.16 Å². The SMILES string of the molecule is CCN(CC)CCCSc1nc2ccccc2n1CCOC. The lowest BCUT2D eigenvalue weighted by molar-refractivity contribution is 0.186. The number of fused-ring (bicyclic) bond motifs is 1. The number of para-hydroxylation sites is 2. The van der Waals surface area contributed by atoms with Gasteiger partial charge in [0.1, 0.15) is 0 Å². The van der Waals surface area contributed by atoms with E-state index in [1.54, 1.807) is 7.11 Å². The van der Waals surface area contributed by atoms with Crippen LogP contribution in [-0.4, -0.2) is 53.6 Å². The van der Waals surface area contributed by atoms with Crippen LogP contribution in [0.15, 0.2) is 29.4 Å². The van der Waals surface area contributed by atoms with Crippen molar-refractivity contribution in [1.82, 2.24) is 14.5 Å². The van der Waals surface area contributed by atoms with Crippen LogP contribution in [0, 0.1) is 0 Å². The minimum atomic E-state index is 0.716. The van der Waals surface area contributed by atoms with Gasteiger partial charge in [0.2, 0.25) is 0 Å². The Morgan fingerprint density at radius 2 is 2.00 bits per heavy atom. The van der Waals surface area contributed by atoms with Crippen molar-refractivity contribution in [1.29, 1.82) is 0 Å². The summed E-state index contributed by atoms with van der Waals surface area (Å²) in [6.07, 6.45) is 1.19. The number of rotatable bonds is 10. The molecular weight excluding hydrogens is 294 g/mol. The van der Waals surface area contributed by atoms with Crippen LogP contribution in [0.1, 0.15) is 20.3 Å². The van der Waals surface area contributed by atoms with E-state index in [1.807, 2.05) is 17.8 Å². The molecule has 0 radical (unpaired) electrons. The Morgan fingerprint density at radius 1 is 1.23 bits per heavy atom. The first-order valence-electron chi connectivity index (χ1n) is 8.09. The standard InChI is InChI=1S/C17H27N3OS/c1-4-19(5-2)11-8-14-22-17-18-15-9-6-7-10-16(15)20(17)12-13-21-3/h6-7,9-10H,4-5,8,11-14H2,1-3H3. The number of imidazole rings is 1. The van der Waals surface area contributed by atoms with Gasteiger partial charge in [-0.3, -0.25) is 0 Å². The van der Waals surface area contributed by atoms with Crippen LogP contribution in [0.2, 0.25) is 0 Å². The summed E-state index contributed by atoms with van der Waals surface area (Å²) in [6.45, 7) is 9.45. The lowest BCUT2D eigenvalue weighted by Crippen LogP contribution is -2.24. The maximum absolute atomic E-state index is 5.24. The maximum Gasteiger partial charge on any atom is 0.169 e. The summed E-state index contributed by atoms with van der Waals surface area (Å²) >= 11 is 1.86. The molecule has 0 unspecified atom stereocenters. The number of thioether (sulfide) groups is 1. The van der Waals surface area contributed by atoms with Crippen molar-refractivity contribution in [3.05, 3.63) is 24.3 Å². The topological polar surface area (TPSA) is 30.3 Å². The number of nitrogens with zero attached hydrogens (tertiary/aromatic N) is 3. The Bertz CT molecular complexity index is 566. The summed E-state index contributed by atoms with van der Waals surface area (Å²) in [5.41, 5.74) is 2.27. The maximum atomic E-state index is 5.24. The molecule has 0 bridgehead atoms. The second-order valence-electron chi connectivity index (χ2n) is 5.26. The lowest BCUT2D eigenvalue weighted by Gasteiger charge is -2.17. The van der Waals surface area contributed by atoms with Crippen molar-refractivity contribution in [2.75, 3.05) is 39.1 Å². The molecule has 4 nitrogen and oxygen atoms in total. The van der Waals surface area contributed by atoms with Crippen molar-refractivity contribution in [2.24, 2.45) is 0 Å². The Morgan fingerprint density at radius 3 is 2.73 bits per heavy atom. The normalized spacial score (nSPS) is 11.6. The molecule has 0 saturated heterocycles. The zero-order chi connectivity index (χ0) is 15.8. The fourth-order valence-corrected chi connectivity index (χ4v) is 3.52. The molecule has 0 amide bonds. The van der Waals surface area contributed by atoms with Gasteiger partial charge in [0.05, 0.1) is 17.6 Å². The monoisotopic (exact) mass is 321 g/mol. The fraction of sp³-hybridized carbons (Fsp3) is 0.588. The first kappa shape index (κ1) is 17.3. The number of hydrogen-bond donors (Lipinski definition) is 0. The number of hydrogen-bond acceptors (Lipinski definition) is 4. The molecule has 0 saturated carbocycles. The van der Waals surface area contributed by atoms with Crippen LogP contribution >= 0.6 is 11.8 Å². The van der Waals surface area contributed by atoms with E-state index in [-0.39, 0.29) is 0 Å². The van der Waals surface area contributed by atoms with Crippen molar-refractivity contribution in [3.63, 3.8) is 0 Å². The van der Waals surface area contributed by atoms with Crippen LogP contribution in [0.4, 0.5) is 0 Å². The van der Waals surface area contributed by atoms with Crippen LogP contribution in [0.5, 0.6) is 0 Å². The highest BCUT2D eigenvalue weighted by Gasteiger charge is 2.10. The molecule has 0 atom stereocenters. The summed E-state index contributed by atoms with van der Waals surface area (Å²) in [7, 11) is 1.75. The Hall–Kier alpha value is -1.04. The zero-order valence-electron chi connectivity index (χ0n) is 13.9. The van der Waals surface area contributed by atoms with Crippen LogP contribution in [-0.2, 0) is 11.3 Å². The summed E-state index contributed by atoms with van der Waals surface area (Å²) in [5, 5.41) is 1.11. The number of aromatic nitrogens is 2. The molecule has 22 heavy (non-hydrogen) atoms. The fourth-order valence-electron chi connectivity index (χ4n) is 2.55. The average Bonchev–Trinajstić information content (AvgIpc) is 2.90. The summed E-state index contributed by atoms with van der Waals surface area (Å²) in [4.78, 5) is 7.25. The van der Waals surface area contributed by atoms with E-state index in [4.69, 9.17) is 9.72 Å². The van der Waals surface area contributed by atoms with Crippen molar-refractivity contribution < 1.29 is 4.74 Å². The molecule has 122 valence electrons. The van der Waals surface area contributed by atoms with Gasteiger partial charge in [-0.1, -0.05) is 37.7 Å². The van der Waals surface area contributed by atoms with Gasteiger partial charge in [-0.2, -0.15) is 0 Å². The highest BCUT2D eigenvalue weighted by Crippen LogP contribution is 2.24. The lowest BCUT2D eigenvalue weighted by atomic mass is 10.3. The molecule has 0 aliphatic heterocycles. The molecule has 1 heterocycles. The minimum absolute atomic E-state index is 0.716. The Balaban J connectivity index is 2.00. The molecular formula is C17H27N3OS. The molecule has 5 heteroatoms. The molecule has 2 aromatic rings. The summed E-state index contributed by atoms with van der Waals surface area (Å²) < 4.78 is 7.52. The smallest absolute Gasteiger partial charge is 0.169 e. The van der Waals surface area contributed by atoms with Gasteiger partial charge in [-0.05, 0) is 38.2 Å². The molecule has 0 aliphatic rings. The van der Waals surface area contributed by atoms with E-state index in [2.05, 4.69) is 41.5 Å². The quantitative estimate of drug-likeness (QED) is 0.495. The van der Waals surface area contributed by atoms with Gasteiger partial charge < -0.3 is 14.2 Å². The molecule has 2 rings (SSSR count). The molecule has 1 aromatic carbocycles. The average molecular weight is 321 g/mol. The molecule has 0 aliphatic carbocycles. The highest BCUT2D eigenvalue weighted by molar-refractivity contribution is 7.99. The zero-order valence-corrected chi connectivity index (χ0v) is 14.7. The van der Waals surface area contributed by atoms with E-state index < -0.39 is 0 Å². The second-order valence-corrected chi connectivity index (χ2v) is 6.32. The van der Waals surface area contributed by atoms with Crippen LogP contribution < -0.4 is 0 Å². The predicted octanol–water partition coefficient (Wildman–Crippen LogP) is 3.51. The van der Waals surface area contributed by atoms with E-state index in [0.29, 0.717) is 6.61 Å². The van der Waals surface area contributed by atoms with E-state index in [1.165, 1.54) is 11.9 Å². The summed E-state index contributed by atoms with van der Waals surface area (Å²) in [5.74, 6) is 1.10. The minimum Gasteiger partial charge on any atom is -0.383 e.